The summed E-state index contributed by atoms with van der Waals surface area (Å²) in [5.41, 5.74) is 1.80. The molecule has 1 fully saturated rings. The normalized spacial score (nSPS) is 15.8. The van der Waals surface area contributed by atoms with Crippen molar-refractivity contribution in [1.29, 1.82) is 0 Å². The van der Waals surface area contributed by atoms with E-state index in [2.05, 4.69) is 53.3 Å². The zero-order chi connectivity index (χ0) is 23.3. The molecule has 3 rings (SSSR count). The zero-order valence-electron chi connectivity index (χ0n) is 20.0. The summed E-state index contributed by atoms with van der Waals surface area (Å²) >= 11 is 1.35. The van der Waals surface area contributed by atoms with Crippen LogP contribution in [0.25, 0.3) is 0 Å². The van der Waals surface area contributed by atoms with Gasteiger partial charge in [0.15, 0.2) is 5.82 Å². The third-order valence-corrected chi connectivity index (χ3v) is 6.63. The largest absolute Gasteiger partial charge is 0.481 e. The number of hydrogen-bond acceptors (Lipinski definition) is 7. The Morgan fingerprint density at radius 1 is 1.22 bits per heavy atom. The summed E-state index contributed by atoms with van der Waals surface area (Å²) in [6.45, 7) is 11.5. The van der Waals surface area contributed by atoms with Gasteiger partial charge in [0.2, 0.25) is 5.13 Å². The summed E-state index contributed by atoms with van der Waals surface area (Å²) in [4.78, 5) is 23.3. The van der Waals surface area contributed by atoms with Crippen molar-refractivity contribution in [3.63, 3.8) is 0 Å². The predicted molar refractivity (Wildman–Crippen MR) is 131 cm³/mol. The van der Waals surface area contributed by atoms with E-state index in [4.69, 9.17) is 4.98 Å². The maximum Gasteiger partial charge on any atom is 0.303 e. The lowest BCUT2D eigenvalue weighted by atomic mass is 9.93. The van der Waals surface area contributed by atoms with Crippen LogP contribution in [0.2, 0.25) is 0 Å². The quantitative estimate of drug-likeness (QED) is 0.439. The Balaban J connectivity index is 2.00. The van der Waals surface area contributed by atoms with Gasteiger partial charge in [-0.25, -0.2) is 9.97 Å². The Morgan fingerprint density at radius 3 is 2.53 bits per heavy atom. The second-order valence-electron chi connectivity index (χ2n) is 9.71. The summed E-state index contributed by atoms with van der Waals surface area (Å²) in [5.74, 6) is 1.60. The van der Waals surface area contributed by atoms with Crippen molar-refractivity contribution in [2.45, 2.75) is 91.0 Å². The SMILES string of the molecule is CC(C)CN(c1ncc([C@H](C)CC(=O)O)cc1Nc1nc(C(C)C)ns1)C1CCCCC1. The first-order chi connectivity index (χ1) is 15.2. The summed E-state index contributed by atoms with van der Waals surface area (Å²) < 4.78 is 4.48. The van der Waals surface area contributed by atoms with Gasteiger partial charge in [-0.3, -0.25) is 4.79 Å². The zero-order valence-corrected chi connectivity index (χ0v) is 20.8. The molecule has 0 bridgehead atoms. The molecule has 176 valence electrons. The molecule has 1 atom stereocenters. The highest BCUT2D eigenvalue weighted by Crippen LogP contribution is 2.36. The fraction of sp³-hybridized carbons (Fsp3) is 0.667. The van der Waals surface area contributed by atoms with Crippen LogP contribution in [-0.4, -0.2) is 38.0 Å². The van der Waals surface area contributed by atoms with Gasteiger partial charge in [0.1, 0.15) is 5.82 Å². The molecule has 7 nitrogen and oxygen atoms in total. The van der Waals surface area contributed by atoms with E-state index in [1.54, 1.807) is 0 Å². The van der Waals surface area contributed by atoms with E-state index in [1.807, 2.05) is 13.1 Å². The number of pyridine rings is 1. The van der Waals surface area contributed by atoms with Crippen molar-refractivity contribution < 1.29 is 9.90 Å². The summed E-state index contributed by atoms with van der Waals surface area (Å²) in [5, 5.41) is 13.5. The lowest BCUT2D eigenvalue weighted by Gasteiger charge is -2.37. The maximum atomic E-state index is 11.3. The minimum Gasteiger partial charge on any atom is -0.481 e. The fourth-order valence-electron chi connectivity index (χ4n) is 4.27. The number of aliphatic carboxylic acids is 1. The molecule has 0 unspecified atom stereocenters. The van der Waals surface area contributed by atoms with Gasteiger partial charge < -0.3 is 15.3 Å². The van der Waals surface area contributed by atoms with Gasteiger partial charge in [-0.1, -0.05) is 53.9 Å². The number of carboxylic acid groups (broad SMARTS) is 1. The molecule has 2 aromatic heterocycles. The van der Waals surface area contributed by atoms with Crippen molar-refractivity contribution in [1.82, 2.24) is 14.3 Å². The molecule has 2 N–H and O–H groups in total. The molecule has 0 spiro atoms. The van der Waals surface area contributed by atoms with Gasteiger partial charge in [-0.05, 0) is 36.3 Å². The van der Waals surface area contributed by atoms with Crippen LogP contribution in [0.5, 0.6) is 0 Å². The van der Waals surface area contributed by atoms with E-state index in [0.717, 1.165) is 34.6 Å². The smallest absolute Gasteiger partial charge is 0.303 e. The van der Waals surface area contributed by atoms with Crippen molar-refractivity contribution >= 4 is 34.1 Å². The van der Waals surface area contributed by atoms with Crippen LogP contribution < -0.4 is 10.2 Å². The minimum atomic E-state index is -0.801. The highest BCUT2D eigenvalue weighted by atomic mass is 32.1. The van der Waals surface area contributed by atoms with Crippen molar-refractivity contribution in [3.8, 4) is 0 Å². The molecule has 1 aliphatic rings. The number of nitrogens with one attached hydrogen (secondary N) is 1. The molecule has 1 aliphatic carbocycles. The summed E-state index contributed by atoms with van der Waals surface area (Å²) in [7, 11) is 0. The van der Waals surface area contributed by atoms with E-state index in [-0.39, 0.29) is 18.3 Å². The fourth-order valence-corrected chi connectivity index (χ4v) is 5.00. The summed E-state index contributed by atoms with van der Waals surface area (Å²) in [6.07, 6.45) is 8.11. The van der Waals surface area contributed by atoms with E-state index in [1.165, 1.54) is 43.6 Å². The van der Waals surface area contributed by atoms with Gasteiger partial charge in [-0.15, -0.1) is 0 Å². The first-order valence-electron chi connectivity index (χ1n) is 11.8. The number of carbonyl (C=O) groups is 1. The topological polar surface area (TPSA) is 91.2 Å². The standard InChI is InChI=1S/C24H37N5O2S/c1-15(2)14-29(19-9-7-6-8-10-19)23-20(26-24-27-22(16(3)4)28-32-24)12-18(13-25-23)17(5)11-21(30)31/h12-13,15-17,19H,6-11,14H2,1-5H3,(H,30,31)(H,26,27,28)/t17-/m1/s1. The number of anilines is 3. The van der Waals surface area contributed by atoms with Crippen molar-refractivity contribution in [2.75, 3.05) is 16.8 Å². The van der Waals surface area contributed by atoms with Gasteiger partial charge in [0.25, 0.3) is 0 Å². The van der Waals surface area contributed by atoms with Crippen LogP contribution >= 0.6 is 11.5 Å². The Labute approximate surface area is 195 Å². The number of aromatic nitrogens is 3. The Morgan fingerprint density at radius 2 is 1.94 bits per heavy atom. The van der Waals surface area contributed by atoms with Crippen LogP contribution in [0.3, 0.4) is 0 Å². The molecule has 0 amide bonds. The summed E-state index contributed by atoms with van der Waals surface area (Å²) in [6, 6.07) is 2.53. The minimum absolute atomic E-state index is 0.0785. The average Bonchev–Trinajstić information content (AvgIpc) is 3.21. The van der Waals surface area contributed by atoms with Gasteiger partial charge >= 0.3 is 5.97 Å². The van der Waals surface area contributed by atoms with E-state index in [9.17, 15) is 9.90 Å². The molecule has 1 saturated carbocycles. The van der Waals surface area contributed by atoms with Crippen molar-refractivity contribution in [3.05, 3.63) is 23.7 Å². The van der Waals surface area contributed by atoms with E-state index < -0.39 is 5.97 Å². The number of carboxylic acids is 1. The highest BCUT2D eigenvalue weighted by molar-refractivity contribution is 7.09. The van der Waals surface area contributed by atoms with Gasteiger partial charge in [0, 0.05) is 36.2 Å². The molecule has 32 heavy (non-hydrogen) atoms. The second-order valence-corrected chi connectivity index (χ2v) is 10.5. The molecule has 0 radical (unpaired) electrons. The Bertz CT molecular complexity index is 892. The number of hydrogen-bond donors (Lipinski definition) is 2. The third kappa shape index (κ3) is 6.40. The van der Waals surface area contributed by atoms with Crippen LogP contribution in [0.4, 0.5) is 16.6 Å². The molecule has 2 heterocycles. The van der Waals surface area contributed by atoms with Crippen LogP contribution in [0.15, 0.2) is 12.3 Å². The molecular weight excluding hydrogens is 422 g/mol. The lowest BCUT2D eigenvalue weighted by molar-refractivity contribution is -0.137. The molecule has 2 aromatic rings. The molecule has 0 saturated heterocycles. The van der Waals surface area contributed by atoms with Crippen LogP contribution in [-0.2, 0) is 4.79 Å². The predicted octanol–water partition coefficient (Wildman–Crippen LogP) is 6.17. The first kappa shape index (κ1) is 24.4. The molecule has 0 aliphatic heterocycles. The van der Waals surface area contributed by atoms with Crippen molar-refractivity contribution in [2.24, 2.45) is 5.92 Å². The molecule has 0 aromatic carbocycles. The molecular formula is C24H37N5O2S. The number of rotatable bonds is 10. The van der Waals surface area contributed by atoms with E-state index >= 15 is 0 Å². The van der Waals surface area contributed by atoms with Crippen LogP contribution in [0, 0.1) is 5.92 Å². The first-order valence-corrected chi connectivity index (χ1v) is 12.6. The monoisotopic (exact) mass is 459 g/mol. The van der Waals surface area contributed by atoms with Gasteiger partial charge in [0.05, 0.1) is 12.1 Å². The Hall–Kier alpha value is -2.22. The number of nitrogens with zero attached hydrogens (tertiary/aromatic N) is 4. The average molecular weight is 460 g/mol. The van der Waals surface area contributed by atoms with Gasteiger partial charge in [-0.2, -0.15) is 4.37 Å². The highest BCUT2D eigenvalue weighted by Gasteiger charge is 2.26. The van der Waals surface area contributed by atoms with Crippen LogP contribution in [0.1, 0.15) is 96.4 Å². The third-order valence-electron chi connectivity index (χ3n) is 5.99. The Kier molecular flexibility index (Phi) is 8.45. The lowest BCUT2D eigenvalue weighted by Crippen LogP contribution is -2.40. The molecule has 8 heteroatoms. The van der Waals surface area contributed by atoms with E-state index in [0.29, 0.717) is 12.0 Å². The second kappa shape index (κ2) is 11.1. The maximum absolute atomic E-state index is 11.3.